The fraction of sp³-hybridized carbons (Fsp3) is 0.190. The molecule has 1 heterocycles. The van der Waals surface area contributed by atoms with E-state index in [9.17, 15) is 4.21 Å². The molecule has 236 valence electrons. The van der Waals surface area contributed by atoms with Crippen LogP contribution < -0.4 is 25.4 Å². The Morgan fingerprint density at radius 1 is 0.660 bits per heavy atom. The Balaban J connectivity index is 1.42. The van der Waals surface area contributed by atoms with Crippen LogP contribution in [-0.2, 0) is 16.4 Å². The van der Waals surface area contributed by atoms with Crippen LogP contribution in [-0.4, -0.2) is 8.96 Å². The van der Waals surface area contributed by atoms with Gasteiger partial charge < -0.3 is 4.74 Å². The van der Waals surface area contributed by atoms with Crippen LogP contribution in [0.25, 0.3) is 10.8 Å². The van der Waals surface area contributed by atoms with Crippen molar-refractivity contribution in [3.05, 3.63) is 162 Å². The van der Waals surface area contributed by atoms with Crippen molar-refractivity contribution >= 4 is 45.6 Å². The van der Waals surface area contributed by atoms with Crippen LogP contribution in [0, 0.1) is 0 Å². The highest BCUT2D eigenvalue weighted by atomic mass is 32.2. The molecular formula is C42H40NO2PS. The molecule has 0 radical (unpaired) electrons. The normalized spacial score (nSPS) is 15.0. The standard InChI is InChI=1S/C42H40NO2PS/c1-41(2,3)47(44)43-38(31-27-26-29-16-12-13-17-30(29)28-31)34-22-14-23-35-39(34)45-40-36(42(35,4)5)24-15-25-37(40)46(32-18-8-6-9-19-32)33-20-10-7-11-21-33/h6-28,38,43H,1-5H3/t38-,47+/m0/s1. The number of hydrogen-bond acceptors (Lipinski definition) is 2. The Labute approximate surface area is 282 Å². The molecular weight excluding hydrogens is 614 g/mol. The van der Waals surface area contributed by atoms with E-state index in [1.54, 1.807) is 0 Å². The Morgan fingerprint density at radius 2 is 1.23 bits per heavy atom. The summed E-state index contributed by atoms with van der Waals surface area (Å²) in [5, 5.41) is 6.07. The van der Waals surface area contributed by atoms with Gasteiger partial charge in [-0.05, 0) is 61.7 Å². The molecule has 1 N–H and O–H groups in total. The van der Waals surface area contributed by atoms with Gasteiger partial charge in [0.1, 0.15) is 11.5 Å². The highest BCUT2D eigenvalue weighted by Gasteiger charge is 2.39. The minimum atomic E-state index is -1.33. The van der Waals surface area contributed by atoms with Gasteiger partial charge in [0, 0.05) is 27.4 Å². The molecule has 0 bridgehead atoms. The van der Waals surface area contributed by atoms with E-state index < -0.39 is 23.7 Å². The van der Waals surface area contributed by atoms with Crippen LogP contribution in [0.2, 0.25) is 0 Å². The summed E-state index contributed by atoms with van der Waals surface area (Å²) < 4.78 is 24.1. The van der Waals surface area contributed by atoms with Crippen molar-refractivity contribution in [1.82, 2.24) is 4.72 Å². The largest absolute Gasteiger partial charge is 0.456 e. The van der Waals surface area contributed by atoms with Crippen LogP contribution in [0.3, 0.4) is 0 Å². The fourth-order valence-electron chi connectivity index (χ4n) is 6.50. The summed E-state index contributed by atoms with van der Waals surface area (Å²) in [5.74, 6) is 1.76. The molecule has 0 saturated heterocycles. The monoisotopic (exact) mass is 653 g/mol. The number of hydrogen-bond donors (Lipinski definition) is 1. The third kappa shape index (κ3) is 5.95. The molecule has 0 saturated carbocycles. The van der Waals surface area contributed by atoms with E-state index in [2.05, 4.69) is 158 Å². The second-order valence-electron chi connectivity index (χ2n) is 13.6. The van der Waals surface area contributed by atoms with E-state index in [-0.39, 0.29) is 11.5 Å². The van der Waals surface area contributed by atoms with Crippen molar-refractivity contribution in [1.29, 1.82) is 0 Å². The van der Waals surface area contributed by atoms with Gasteiger partial charge in [0.25, 0.3) is 0 Å². The van der Waals surface area contributed by atoms with Crippen molar-refractivity contribution in [3.8, 4) is 11.5 Å². The molecule has 0 amide bonds. The molecule has 6 aromatic carbocycles. The van der Waals surface area contributed by atoms with Crippen LogP contribution >= 0.6 is 7.92 Å². The van der Waals surface area contributed by atoms with Crippen molar-refractivity contribution in [2.75, 3.05) is 0 Å². The Morgan fingerprint density at radius 3 is 1.87 bits per heavy atom. The van der Waals surface area contributed by atoms with E-state index in [0.29, 0.717) is 0 Å². The van der Waals surface area contributed by atoms with Crippen LogP contribution in [0.5, 0.6) is 11.5 Å². The van der Waals surface area contributed by atoms with Crippen molar-refractivity contribution in [2.24, 2.45) is 0 Å². The van der Waals surface area contributed by atoms with Gasteiger partial charge in [-0.25, -0.2) is 8.93 Å². The zero-order valence-electron chi connectivity index (χ0n) is 27.5. The van der Waals surface area contributed by atoms with Gasteiger partial charge in [-0.2, -0.15) is 0 Å². The zero-order chi connectivity index (χ0) is 32.8. The van der Waals surface area contributed by atoms with Gasteiger partial charge in [-0.15, -0.1) is 0 Å². The lowest BCUT2D eigenvalue weighted by Gasteiger charge is -2.38. The molecule has 1 aliphatic rings. The van der Waals surface area contributed by atoms with E-state index in [4.69, 9.17) is 4.74 Å². The summed E-state index contributed by atoms with van der Waals surface area (Å²) in [4.78, 5) is 0. The minimum Gasteiger partial charge on any atom is -0.456 e. The average molecular weight is 654 g/mol. The molecule has 2 atom stereocenters. The predicted octanol–water partition coefficient (Wildman–Crippen LogP) is 9.17. The van der Waals surface area contributed by atoms with E-state index in [1.165, 1.54) is 26.9 Å². The lowest BCUT2D eigenvalue weighted by atomic mass is 9.74. The average Bonchev–Trinajstić information content (AvgIpc) is 3.08. The molecule has 0 unspecified atom stereocenters. The van der Waals surface area contributed by atoms with E-state index in [1.807, 2.05) is 20.8 Å². The number of fused-ring (bicyclic) bond motifs is 3. The second kappa shape index (κ2) is 12.5. The van der Waals surface area contributed by atoms with Crippen LogP contribution in [0.15, 0.2) is 140 Å². The van der Waals surface area contributed by atoms with Gasteiger partial charge >= 0.3 is 0 Å². The Kier molecular flexibility index (Phi) is 8.39. The quantitative estimate of drug-likeness (QED) is 0.175. The van der Waals surface area contributed by atoms with Crippen molar-refractivity contribution < 1.29 is 8.95 Å². The van der Waals surface area contributed by atoms with Gasteiger partial charge in [0.15, 0.2) is 0 Å². The number of ether oxygens (including phenoxy) is 1. The molecule has 1 aliphatic heterocycles. The van der Waals surface area contributed by atoms with Gasteiger partial charge in [-0.1, -0.05) is 147 Å². The Hall–Kier alpha value is -4.08. The summed E-state index contributed by atoms with van der Waals surface area (Å²) in [6.07, 6.45) is 0. The topological polar surface area (TPSA) is 38.3 Å². The lowest BCUT2D eigenvalue weighted by molar-refractivity contribution is 0.413. The minimum absolute atomic E-state index is 0.333. The summed E-state index contributed by atoms with van der Waals surface area (Å²) >= 11 is 0. The zero-order valence-corrected chi connectivity index (χ0v) is 29.2. The molecule has 3 nitrogen and oxygen atoms in total. The summed E-state index contributed by atoms with van der Waals surface area (Å²) in [6.45, 7) is 10.6. The van der Waals surface area contributed by atoms with Gasteiger partial charge in [-0.3, -0.25) is 0 Å². The molecule has 0 spiro atoms. The lowest BCUT2D eigenvalue weighted by Crippen LogP contribution is -2.37. The molecule has 47 heavy (non-hydrogen) atoms. The van der Waals surface area contributed by atoms with Gasteiger partial charge in [0.2, 0.25) is 0 Å². The molecule has 5 heteroatoms. The highest BCUT2D eigenvalue weighted by Crippen LogP contribution is 2.52. The maximum Gasteiger partial charge on any atom is 0.139 e. The van der Waals surface area contributed by atoms with Crippen molar-refractivity contribution in [2.45, 2.75) is 50.8 Å². The SMILES string of the molecule is CC1(C)c2cccc([C@@H](N[S@](=O)C(C)(C)C)c3ccc4ccccc4c3)c2Oc2c(P(c3ccccc3)c3ccccc3)cccc21. The Bertz CT molecular complexity index is 2050. The van der Waals surface area contributed by atoms with E-state index in [0.717, 1.165) is 33.6 Å². The van der Waals surface area contributed by atoms with Crippen molar-refractivity contribution in [3.63, 3.8) is 0 Å². The summed E-state index contributed by atoms with van der Waals surface area (Å²) in [5.41, 5.74) is 3.99. The van der Waals surface area contributed by atoms with E-state index >= 15 is 0 Å². The molecule has 0 aromatic heterocycles. The maximum absolute atomic E-state index is 13.8. The first-order valence-corrected chi connectivity index (χ1v) is 18.6. The number of nitrogens with one attached hydrogen (secondary N) is 1. The second-order valence-corrected chi connectivity index (χ2v) is 17.8. The van der Waals surface area contributed by atoms with Crippen LogP contribution in [0.4, 0.5) is 0 Å². The third-order valence-electron chi connectivity index (χ3n) is 9.06. The highest BCUT2D eigenvalue weighted by molar-refractivity contribution is 7.84. The number of benzene rings is 6. The third-order valence-corrected chi connectivity index (χ3v) is 13.1. The summed E-state index contributed by atoms with van der Waals surface area (Å²) in [7, 11) is -2.23. The molecule has 0 aliphatic carbocycles. The molecule has 6 aromatic rings. The first-order valence-electron chi connectivity index (χ1n) is 16.1. The maximum atomic E-state index is 13.8. The molecule has 7 rings (SSSR count). The first-order chi connectivity index (χ1) is 22.6. The van der Waals surface area contributed by atoms with Crippen LogP contribution in [0.1, 0.15) is 62.9 Å². The number of rotatable bonds is 7. The summed E-state index contributed by atoms with van der Waals surface area (Å²) in [6, 6.07) is 49.2. The molecule has 0 fully saturated rings. The fourth-order valence-corrected chi connectivity index (χ4v) is 9.73. The first kappa shape index (κ1) is 31.5. The predicted molar refractivity (Wildman–Crippen MR) is 201 cm³/mol. The number of para-hydroxylation sites is 2. The smallest absolute Gasteiger partial charge is 0.139 e. The van der Waals surface area contributed by atoms with Gasteiger partial charge in [0.05, 0.1) is 21.8 Å².